The number of carbonyl (C=O) groups is 1. The Morgan fingerprint density at radius 2 is 2.04 bits per heavy atom. The minimum Gasteiger partial charge on any atom is -0.446 e. The molecule has 2 aromatic heterocycles. The first-order chi connectivity index (χ1) is 11.6. The minimum atomic E-state index is -0.330. The molecular weight excluding hydrogens is 308 g/mol. The van der Waals surface area contributed by atoms with E-state index in [1.807, 2.05) is 42.7 Å². The summed E-state index contributed by atoms with van der Waals surface area (Å²) in [6.45, 7) is 4.21. The smallest absolute Gasteiger partial charge is 0.277 e. The largest absolute Gasteiger partial charge is 0.446 e. The van der Waals surface area contributed by atoms with Crippen molar-refractivity contribution in [3.05, 3.63) is 59.8 Å². The third-order valence-corrected chi connectivity index (χ3v) is 3.71. The van der Waals surface area contributed by atoms with Crippen LogP contribution in [0.4, 0.5) is 5.69 Å². The number of rotatable bonds is 5. The van der Waals surface area contributed by atoms with Crippen molar-refractivity contribution < 1.29 is 13.9 Å². The molecule has 0 radical (unpaired) electrons. The molecule has 2 heterocycles. The van der Waals surface area contributed by atoms with Gasteiger partial charge < -0.3 is 19.0 Å². The fourth-order valence-corrected chi connectivity index (χ4v) is 2.26. The molecule has 7 nitrogen and oxygen atoms in total. The van der Waals surface area contributed by atoms with Gasteiger partial charge in [0.15, 0.2) is 5.69 Å². The molecule has 0 saturated heterocycles. The molecule has 0 bridgehead atoms. The van der Waals surface area contributed by atoms with Gasteiger partial charge in [-0.2, -0.15) is 0 Å². The van der Waals surface area contributed by atoms with Gasteiger partial charge in [-0.3, -0.25) is 4.79 Å². The van der Waals surface area contributed by atoms with E-state index in [4.69, 9.17) is 9.15 Å². The van der Waals surface area contributed by atoms with E-state index in [0.717, 1.165) is 17.1 Å². The van der Waals surface area contributed by atoms with Crippen molar-refractivity contribution in [1.29, 1.82) is 0 Å². The lowest BCUT2D eigenvalue weighted by molar-refractivity contribution is 0.102. The van der Waals surface area contributed by atoms with Crippen LogP contribution in [0.25, 0.3) is 5.69 Å². The molecule has 1 aromatic carbocycles. The lowest BCUT2D eigenvalue weighted by atomic mass is 10.2. The lowest BCUT2D eigenvalue weighted by Gasteiger charge is -2.07. The Morgan fingerprint density at radius 1 is 1.29 bits per heavy atom. The molecule has 1 amide bonds. The van der Waals surface area contributed by atoms with Crippen molar-refractivity contribution in [1.82, 2.24) is 14.5 Å². The zero-order chi connectivity index (χ0) is 17.1. The molecule has 0 atom stereocenters. The molecule has 0 spiro atoms. The number of nitrogens with one attached hydrogen (secondary N) is 1. The molecule has 3 rings (SSSR count). The van der Waals surface area contributed by atoms with E-state index in [-0.39, 0.29) is 18.2 Å². The Hall–Kier alpha value is -2.93. The van der Waals surface area contributed by atoms with Crippen molar-refractivity contribution in [2.24, 2.45) is 0 Å². The highest BCUT2D eigenvalue weighted by atomic mass is 16.5. The summed E-state index contributed by atoms with van der Waals surface area (Å²) in [5.74, 6) is 0.0347. The first kappa shape index (κ1) is 15.9. The number of aromatic nitrogens is 3. The van der Waals surface area contributed by atoms with Crippen LogP contribution in [-0.2, 0) is 11.3 Å². The van der Waals surface area contributed by atoms with Crippen LogP contribution in [0.2, 0.25) is 0 Å². The first-order valence-electron chi connectivity index (χ1n) is 7.44. The van der Waals surface area contributed by atoms with Crippen LogP contribution in [0.3, 0.4) is 0 Å². The van der Waals surface area contributed by atoms with Crippen LogP contribution < -0.4 is 5.32 Å². The third-order valence-electron chi connectivity index (χ3n) is 3.71. The maximum atomic E-state index is 12.2. The normalized spacial score (nSPS) is 10.8. The van der Waals surface area contributed by atoms with Crippen LogP contribution in [-0.4, -0.2) is 27.6 Å². The maximum absolute atomic E-state index is 12.2. The summed E-state index contributed by atoms with van der Waals surface area (Å²) in [6.07, 6.45) is 3.10. The van der Waals surface area contributed by atoms with E-state index in [1.165, 1.54) is 13.4 Å². The Bertz CT molecular complexity index is 849. The van der Waals surface area contributed by atoms with Gasteiger partial charge in [0.05, 0.1) is 12.0 Å². The van der Waals surface area contributed by atoms with Gasteiger partial charge in [-0.15, -0.1) is 0 Å². The average molecular weight is 326 g/mol. The standard InChI is InChI=1S/C17H18N4O3/c1-11-12(2)21(10-18-11)14-6-4-13(5-7-14)19-17(22)15-8-24-16(20-15)9-23-3/h4-8,10H,9H2,1-3H3,(H,19,22). The van der Waals surface area contributed by atoms with Crippen LogP contribution in [0.1, 0.15) is 27.8 Å². The monoisotopic (exact) mass is 326 g/mol. The molecule has 7 heteroatoms. The van der Waals surface area contributed by atoms with Crippen LogP contribution in [0, 0.1) is 13.8 Å². The minimum absolute atomic E-state index is 0.215. The van der Waals surface area contributed by atoms with Gasteiger partial charge in [-0.25, -0.2) is 9.97 Å². The lowest BCUT2D eigenvalue weighted by Crippen LogP contribution is -2.12. The van der Waals surface area contributed by atoms with Crippen molar-refractivity contribution in [3.63, 3.8) is 0 Å². The van der Waals surface area contributed by atoms with Gasteiger partial charge in [-0.1, -0.05) is 0 Å². The van der Waals surface area contributed by atoms with Gasteiger partial charge in [0.2, 0.25) is 5.89 Å². The van der Waals surface area contributed by atoms with Crippen LogP contribution in [0.5, 0.6) is 0 Å². The molecule has 3 aromatic rings. The summed E-state index contributed by atoms with van der Waals surface area (Å²) >= 11 is 0. The number of benzene rings is 1. The number of oxazole rings is 1. The second-order valence-electron chi connectivity index (χ2n) is 5.35. The molecule has 124 valence electrons. The number of hydrogen-bond donors (Lipinski definition) is 1. The van der Waals surface area contributed by atoms with Gasteiger partial charge in [0.1, 0.15) is 12.9 Å². The Balaban J connectivity index is 1.71. The molecule has 0 aliphatic heterocycles. The number of amides is 1. The van der Waals surface area contributed by atoms with Crippen molar-refractivity contribution in [3.8, 4) is 5.69 Å². The highest BCUT2D eigenvalue weighted by molar-refractivity contribution is 6.02. The Labute approximate surface area is 139 Å². The number of imidazole rings is 1. The van der Waals surface area contributed by atoms with E-state index in [9.17, 15) is 4.79 Å². The van der Waals surface area contributed by atoms with Gasteiger partial charge in [0.25, 0.3) is 5.91 Å². The molecule has 0 unspecified atom stereocenters. The summed E-state index contributed by atoms with van der Waals surface area (Å²) in [4.78, 5) is 20.5. The predicted octanol–water partition coefficient (Wildman–Crippen LogP) is 2.88. The van der Waals surface area contributed by atoms with E-state index in [1.54, 1.807) is 6.33 Å². The van der Waals surface area contributed by atoms with Crippen LogP contribution in [0.15, 0.2) is 41.3 Å². The first-order valence-corrected chi connectivity index (χ1v) is 7.44. The van der Waals surface area contributed by atoms with Gasteiger partial charge >= 0.3 is 0 Å². The molecule has 24 heavy (non-hydrogen) atoms. The number of carbonyl (C=O) groups excluding carboxylic acids is 1. The fraction of sp³-hybridized carbons (Fsp3) is 0.235. The molecule has 0 fully saturated rings. The van der Waals surface area contributed by atoms with Crippen molar-refractivity contribution in [2.75, 3.05) is 12.4 Å². The molecule has 0 aliphatic carbocycles. The SMILES string of the molecule is COCc1nc(C(=O)Nc2ccc(-n3cnc(C)c3C)cc2)co1. The molecular formula is C17H18N4O3. The average Bonchev–Trinajstić information content (AvgIpc) is 3.17. The second-order valence-corrected chi connectivity index (χ2v) is 5.35. The van der Waals surface area contributed by atoms with E-state index >= 15 is 0 Å². The second kappa shape index (κ2) is 6.67. The number of hydrogen-bond acceptors (Lipinski definition) is 5. The fourth-order valence-electron chi connectivity index (χ4n) is 2.26. The van der Waals surface area contributed by atoms with Crippen LogP contribution >= 0.6 is 0 Å². The van der Waals surface area contributed by atoms with E-state index in [0.29, 0.717) is 11.6 Å². The number of ether oxygens (including phenoxy) is 1. The predicted molar refractivity (Wildman–Crippen MR) is 88.2 cm³/mol. The maximum Gasteiger partial charge on any atom is 0.277 e. The van der Waals surface area contributed by atoms with E-state index < -0.39 is 0 Å². The summed E-state index contributed by atoms with van der Waals surface area (Å²) in [5, 5.41) is 2.79. The van der Waals surface area contributed by atoms with Gasteiger partial charge in [0, 0.05) is 24.2 Å². The topological polar surface area (TPSA) is 82.2 Å². The van der Waals surface area contributed by atoms with Crippen molar-refractivity contribution >= 4 is 11.6 Å². The quantitative estimate of drug-likeness (QED) is 0.779. The summed E-state index contributed by atoms with van der Waals surface area (Å²) in [7, 11) is 1.54. The third kappa shape index (κ3) is 3.21. The number of methoxy groups -OCH3 is 1. The number of aryl methyl sites for hydroxylation is 1. The summed E-state index contributed by atoms with van der Waals surface area (Å²) in [6, 6.07) is 7.50. The van der Waals surface area contributed by atoms with Crippen molar-refractivity contribution in [2.45, 2.75) is 20.5 Å². The summed E-state index contributed by atoms with van der Waals surface area (Å²) < 4.78 is 12.1. The van der Waals surface area contributed by atoms with Gasteiger partial charge in [-0.05, 0) is 38.1 Å². The summed E-state index contributed by atoms with van der Waals surface area (Å²) in [5.41, 5.74) is 3.95. The molecule has 1 N–H and O–H groups in total. The highest BCUT2D eigenvalue weighted by Crippen LogP contribution is 2.17. The number of anilines is 1. The number of nitrogens with zero attached hydrogens (tertiary/aromatic N) is 3. The molecule has 0 aliphatic rings. The Morgan fingerprint density at radius 3 is 2.67 bits per heavy atom. The molecule has 0 saturated carbocycles. The Kier molecular flexibility index (Phi) is 4.43. The zero-order valence-corrected chi connectivity index (χ0v) is 13.7. The highest BCUT2D eigenvalue weighted by Gasteiger charge is 2.12. The van der Waals surface area contributed by atoms with E-state index in [2.05, 4.69) is 15.3 Å². The zero-order valence-electron chi connectivity index (χ0n) is 13.7.